The van der Waals surface area contributed by atoms with Crippen molar-refractivity contribution in [2.24, 2.45) is 0 Å². The van der Waals surface area contributed by atoms with E-state index in [2.05, 4.69) is 14.7 Å². The SMILES string of the molecule is [C-]#[N+]c1cc(F)ccc1N1CC[C@@H](Oc2ccc(C)cn2)C1. The Bertz CT molecular complexity index is 709. The van der Waals surface area contributed by atoms with Gasteiger partial charge in [-0.05, 0) is 30.7 Å². The standard InChI is InChI=1S/C17H16FN3O/c1-12-3-6-17(20-10-12)22-14-7-8-21(11-14)16-5-4-13(18)9-15(16)19-2/h3-6,9-10,14H,7-8,11H2,1H3/t14-/m1/s1. The van der Waals surface area contributed by atoms with Gasteiger partial charge in [0.15, 0.2) is 0 Å². The van der Waals surface area contributed by atoms with Gasteiger partial charge in [0.05, 0.1) is 13.1 Å². The Morgan fingerprint density at radius 3 is 2.95 bits per heavy atom. The average Bonchev–Trinajstić information content (AvgIpc) is 2.97. The minimum absolute atomic E-state index is 0.0267. The van der Waals surface area contributed by atoms with Crippen molar-refractivity contribution in [3.63, 3.8) is 0 Å². The molecule has 2 heterocycles. The monoisotopic (exact) mass is 297 g/mol. The van der Waals surface area contributed by atoms with E-state index in [1.54, 1.807) is 12.3 Å². The number of pyridine rings is 1. The highest BCUT2D eigenvalue weighted by atomic mass is 19.1. The molecule has 3 rings (SSSR count). The summed E-state index contributed by atoms with van der Waals surface area (Å²) in [6.45, 7) is 10.6. The molecular weight excluding hydrogens is 281 g/mol. The molecule has 0 bridgehead atoms. The Kier molecular flexibility index (Phi) is 3.92. The van der Waals surface area contributed by atoms with Gasteiger partial charge in [0.2, 0.25) is 11.6 Å². The van der Waals surface area contributed by atoms with Crippen LogP contribution < -0.4 is 9.64 Å². The van der Waals surface area contributed by atoms with Crippen LogP contribution in [0.3, 0.4) is 0 Å². The van der Waals surface area contributed by atoms with Gasteiger partial charge in [-0.3, -0.25) is 0 Å². The van der Waals surface area contributed by atoms with Crippen LogP contribution in [0, 0.1) is 19.3 Å². The van der Waals surface area contributed by atoms with Crippen LogP contribution in [0.2, 0.25) is 0 Å². The van der Waals surface area contributed by atoms with Gasteiger partial charge in [0, 0.05) is 30.9 Å². The van der Waals surface area contributed by atoms with Crippen molar-refractivity contribution < 1.29 is 9.13 Å². The van der Waals surface area contributed by atoms with Crippen LogP contribution in [0.4, 0.5) is 15.8 Å². The van der Waals surface area contributed by atoms with Crippen molar-refractivity contribution in [1.29, 1.82) is 0 Å². The second kappa shape index (κ2) is 6.02. The highest BCUT2D eigenvalue weighted by Gasteiger charge is 2.26. The molecule has 1 saturated heterocycles. The third-order valence-electron chi connectivity index (χ3n) is 3.72. The average molecular weight is 297 g/mol. The van der Waals surface area contributed by atoms with E-state index in [4.69, 9.17) is 11.3 Å². The minimum Gasteiger partial charge on any atom is -0.472 e. The molecule has 0 saturated carbocycles. The Labute approximate surface area is 129 Å². The number of aryl methyl sites for hydroxylation is 1. The van der Waals surface area contributed by atoms with Gasteiger partial charge in [-0.1, -0.05) is 6.07 Å². The Morgan fingerprint density at radius 2 is 2.23 bits per heavy atom. The molecule has 5 heteroatoms. The molecule has 0 unspecified atom stereocenters. The third kappa shape index (κ3) is 3.01. The molecule has 0 N–H and O–H groups in total. The van der Waals surface area contributed by atoms with Crippen molar-refractivity contribution in [2.75, 3.05) is 18.0 Å². The van der Waals surface area contributed by atoms with Crippen molar-refractivity contribution in [3.05, 3.63) is 59.3 Å². The molecule has 1 fully saturated rings. The third-order valence-corrected chi connectivity index (χ3v) is 3.72. The molecule has 22 heavy (non-hydrogen) atoms. The summed E-state index contributed by atoms with van der Waals surface area (Å²) in [5.41, 5.74) is 2.20. The summed E-state index contributed by atoms with van der Waals surface area (Å²) < 4.78 is 19.1. The lowest BCUT2D eigenvalue weighted by Gasteiger charge is -2.20. The molecule has 1 aliphatic rings. The number of halogens is 1. The summed E-state index contributed by atoms with van der Waals surface area (Å²) in [6, 6.07) is 8.15. The Morgan fingerprint density at radius 1 is 1.36 bits per heavy atom. The number of aromatic nitrogens is 1. The minimum atomic E-state index is -0.384. The van der Waals surface area contributed by atoms with Crippen LogP contribution in [0.15, 0.2) is 36.5 Å². The van der Waals surface area contributed by atoms with E-state index in [9.17, 15) is 4.39 Å². The van der Waals surface area contributed by atoms with Gasteiger partial charge in [-0.2, -0.15) is 0 Å². The second-order valence-electron chi connectivity index (χ2n) is 5.39. The lowest BCUT2D eigenvalue weighted by atomic mass is 10.2. The maximum Gasteiger partial charge on any atom is 0.213 e. The fourth-order valence-corrected chi connectivity index (χ4v) is 2.59. The molecule has 0 amide bonds. The maximum atomic E-state index is 13.2. The number of nitrogens with zero attached hydrogens (tertiary/aromatic N) is 3. The van der Waals surface area contributed by atoms with E-state index in [0.717, 1.165) is 24.2 Å². The summed E-state index contributed by atoms with van der Waals surface area (Å²) in [7, 11) is 0. The maximum absolute atomic E-state index is 13.2. The van der Waals surface area contributed by atoms with E-state index in [0.29, 0.717) is 18.1 Å². The summed E-state index contributed by atoms with van der Waals surface area (Å²) in [4.78, 5) is 9.72. The first-order valence-electron chi connectivity index (χ1n) is 7.17. The predicted molar refractivity (Wildman–Crippen MR) is 82.9 cm³/mol. The fraction of sp³-hybridized carbons (Fsp3) is 0.294. The molecule has 1 aromatic heterocycles. The van der Waals surface area contributed by atoms with Crippen molar-refractivity contribution >= 4 is 11.4 Å². The fourth-order valence-electron chi connectivity index (χ4n) is 2.59. The molecule has 1 atom stereocenters. The number of hydrogen-bond donors (Lipinski definition) is 0. The predicted octanol–water partition coefficient (Wildman–Crippen LogP) is 3.74. The molecule has 0 radical (unpaired) electrons. The lowest BCUT2D eigenvalue weighted by molar-refractivity contribution is 0.216. The van der Waals surface area contributed by atoms with Crippen LogP contribution in [0.5, 0.6) is 5.88 Å². The summed E-state index contributed by atoms with van der Waals surface area (Å²) in [6.07, 6.45) is 2.66. The Balaban J connectivity index is 1.70. The quantitative estimate of drug-likeness (QED) is 0.808. The lowest BCUT2D eigenvalue weighted by Crippen LogP contribution is -2.24. The topological polar surface area (TPSA) is 29.7 Å². The van der Waals surface area contributed by atoms with Gasteiger partial charge < -0.3 is 9.64 Å². The van der Waals surface area contributed by atoms with Crippen LogP contribution in [0.25, 0.3) is 4.85 Å². The Hall–Kier alpha value is -2.61. The normalized spacial score (nSPS) is 17.3. The first kappa shape index (κ1) is 14.3. The van der Waals surface area contributed by atoms with Crippen LogP contribution in [-0.4, -0.2) is 24.2 Å². The molecule has 2 aromatic rings. The number of ether oxygens (including phenoxy) is 1. The molecule has 112 valence electrons. The van der Waals surface area contributed by atoms with Crippen LogP contribution >= 0.6 is 0 Å². The first-order chi connectivity index (χ1) is 10.7. The van der Waals surface area contributed by atoms with E-state index in [1.165, 1.54) is 12.1 Å². The molecule has 0 spiro atoms. The summed E-state index contributed by atoms with van der Waals surface area (Å²) in [5, 5.41) is 0. The highest BCUT2D eigenvalue weighted by Crippen LogP contribution is 2.32. The van der Waals surface area contributed by atoms with E-state index in [1.807, 2.05) is 19.1 Å². The molecule has 1 aromatic carbocycles. The van der Waals surface area contributed by atoms with Crippen molar-refractivity contribution in [1.82, 2.24) is 4.98 Å². The second-order valence-corrected chi connectivity index (χ2v) is 5.39. The van der Waals surface area contributed by atoms with E-state index < -0.39 is 0 Å². The first-order valence-corrected chi connectivity index (χ1v) is 7.17. The van der Waals surface area contributed by atoms with Gasteiger partial charge in [-0.25, -0.2) is 14.2 Å². The van der Waals surface area contributed by atoms with Crippen molar-refractivity contribution in [3.8, 4) is 5.88 Å². The summed E-state index contributed by atoms with van der Waals surface area (Å²) >= 11 is 0. The van der Waals surface area contributed by atoms with Gasteiger partial charge in [0.25, 0.3) is 0 Å². The van der Waals surface area contributed by atoms with Gasteiger partial charge in [-0.15, -0.1) is 0 Å². The number of anilines is 1. The van der Waals surface area contributed by atoms with Crippen LogP contribution in [-0.2, 0) is 0 Å². The number of hydrogen-bond acceptors (Lipinski definition) is 3. The highest BCUT2D eigenvalue weighted by molar-refractivity contribution is 5.71. The smallest absolute Gasteiger partial charge is 0.213 e. The largest absolute Gasteiger partial charge is 0.472 e. The van der Waals surface area contributed by atoms with Gasteiger partial charge >= 0.3 is 0 Å². The molecule has 1 aliphatic heterocycles. The van der Waals surface area contributed by atoms with Crippen LogP contribution in [0.1, 0.15) is 12.0 Å². The zero-order valence-electron chi connectivity index (χ0n) is 12.3. The van der Waals surface area contributed by atoms with Gasteiger partial charge in [0.1, 0.15) is 11.9 Å². The zero-order valence-corrected chi connectivity index (χ0v) is 12.3. The number of benzene rings is 1. The molecular formula is C17H16FN3O. The number of rotatable bonds is 3. The molecule has 4 nitrogen and oxygen atoms in total. The van der Waals surface area contributed by atoms with E-state index in [-0.39, 0.29) is 11.9 Å². The van der Waals surface area contributed by atoms with Crippen molar-refractivity contribution in [2.45, 2.75) is 19.4 Å². The molecule has 0 aliphatic carbocycles. The zero-order chi connectivity index (χ0) is 15.5. The van der Waals surface area contributed by atoms with E-state index >= 15 is 0 Å². The summed E-state index contributed by atoms with van der Waals surface area (Å²) in [5.74, 6) is 0.229.